The molecule has 0 spiro atoms. The predicted octanol–water partition coefficient (Wildman–Crippen LogP) is -0.361. The number of hydrogen-bond acceptors (Lipinski definition) is 15. The minimum Gasteiger partial charge on any atom is -0.790 e. The molecule has 0 amide bonds. The van der Waals surface area contributed by atoms with E-state index < -0.39 is 48.0 Å². The minimum atomic E-state index is -6.17. The van der Waals surface area contributed by atoms with Gasteiger partial charge in [-0.2, -0.15) is 0 Å². The summed E-state index contributed by atoms with van der Waals surface area (Å²) in [5, 5.41) is 10.9. The quantitative estimate of drug-likeness (QED) is 0.163. The molecule has 3 rings (SSSR count). The Morgan fingerprint density at radius 3 is 2.32 bits per heavy atom. The number of nitrogen functional groups attached to an aromatic ring is 1. The predicted molar refractivity (Wildman–Crippen MR) is 124 cm³/mol. The van der Waals surface area contributed by atoms with Gasteiger partial charge in [0.05, 0.1) is 24.8 Å². The second-order valence-corrected chi connectivity index (χ2v) is 11.1. The Bertz CT molecular complexity index is 1270. The van der Waals surface area contributed by atoms with Crippen LogP contribution in [0.5, 0.6) is 0 Å². The molecule has 0 aliphatic carbocycles. The fourth-order valence-corrected chi connectivity index (χ4v) is 6.14. The van der Waals surface area contributed by atoms with Gasteiger partial charge in [0.1, 0.15) is 30.1 Å². The summed E-state index contributed by atoms with van der Waals surface area (Å²) in [4.78, 5) is 51.7. The van der Waals surface area contributed by atoms with Gasteiger partial charge in [0.2, 0.25) is 0 Å². The van der Waals surface area contributed by atoms with E-state index in [2.05, 4.69) is 23.1 Å². The molecule has 24 heteroatoms. The van der Waals surface area contributed by atoms with Crippen LogP contribution in [0.15, 0.2) is 12.5 Å². The highest BCUT2D eigenvalue weighted by Gasteiger charge is 2.49. The fourth-order valence-electron chi connectivity index (χ4n) is 2.96. The minimum absolute atomic E-state index is 0. The number of hydrogen-bond donors (Lipinski definition) is 6. The lowest BCUT2D eigenvalue weighted by molar-refractivity contribution is -0.339. The van der Waals surface area contributed by atoms with Crippen LogP contribution in [0.3, 0.4) is 0 Å². The second-order valence-electron chi connectivity index (χ2n) is 6.48. The summed E-state index contributed by atoms with van der Waals surface area (Å²) < 4.78 is 51.3. The molecule has 1 saturated heterocycles. The normalized spacial score (nSPS) is 24.2. The van der Waals surface area contributed by atoms with E-state index in [1.807, 2.05) is 5.92 Å². The summed E-state index contributed by atoms with van der Waals surface area (Å²) in [6, 6.07) is 0. The lowest BCUT2D eigenvalue weighted by atomic mass is 9.99. The maximum atomic E-state index is 11.8. The maximum absolute atomic E-state index is 11.8. The maximum Gasteiger partial charge on any atom is 0.278 e. The number of aliphatic hydroxyl groups is 1. The van der Waals surface area contributed by atoms with Crippen molar-refractivity contribution >= 4 is 51.9 Å². The molecule has 2 aromatic rings. The van der Waals surface area contributed by atoms with E-state index in [-0.39, 0.29) is 52.9 Å². The van der Waals surface area contributed by atoms with Crippen LogP contribution in [-0.2, 0) is 31.6 Å². The number of phosphoric acid groups is 3. The molecule has 1 aliphatic heterocycles. The molecule has 2 unspecified atom stereocenters. The van der Waals surface area contributed by atoms with Gasteiger partial charge >= 0.3 is 0 Å². The molecule has 20 nitrogen and oxygen atoms in total. The van der Waals surface area contributed by atoms with E-state index in [1.165, 1.54) is 10.8 Å². The van der Waals surface area contributed by atoms with E-state index in [0.29, 0.717) is 0 Å². The van der Waals surface area contributed by atoms with E-state index in [9.17, 15) is 38.4 Å². The molecule has 0 radical (unpaired) electrons. The summed E-state index contributed by atoms with van der Waals surface area (Å²) in [6.45, 7) is -1.17. The van der Waals surface area contributed by atoms with Gasteiger partial charge in [-0.1, -0.05) is 17.5 Å². The fraction of sp³-hybridized carbons (Fsp3) is 0.385. The highest BCUT2D eigenvalue weighted by atomic mass is 35.5. The smallest absolute Gasteiger partial charge is 0.278 e. The van der Waals surface area contributed by atoms with Crippen molar-refractivity contribution in [3.63, 3.8) is 0 Å². The van der Waals surface area contributed by atoms with Crippen LogP contribution in [-0.4, -0.2) is 38.0 Å². The van der Waals surface area contributed by atoms with Crippen LogP contribution in [0.4, 0.5) is 5.82 Å². The van der Waals surface area contributed by atoms with Crippen LogP contribution in [0, 0.1) is 12.3 Å². The zero-order valence-electron chi connectivity index (χ0n) is 19.9. The first kappa shape index (κ1) is 37.6. The summed E-state index contributed by atoms with van der Waals surface area (Å²) in [7, 11) is -18.2. The number of phosphoric ester groups is 1. The SMILES string of the molecule is C#C[C@]1(COP(=O)([O-])OP(=O)([O-])OP(=O)([O-])[O-])O[C@@H](n2cc(Cl)c3c(N)ncnc32)C[C@@H]1O.[NH4+].[NH4+].[NH4+].[NH4+]. The molecule has 5 atom stereocenters. The summed E-state index contributed by atoms with van der Waals surface area (Å²) in [5.41, 5.74) is 3.84. The monoisotopic (exact) mass is 616 g/mol. The van der Waals surface area contributed by atoms with Gasteiger partial charge in [-0.25, -0.2) is 14.3 Å². The third-order valence-corrected chi connectivity index (χ3v) is 8.23. The highest BCUT2D eigenvalue weighted by molar-refractivity contribution is 7.64. The first-order valence-corrected chi connectivity index (χ1v) is 13.2. The lowest BCUT2D eigenvalue weighted by Gasteiger charge is -2.38. The standard InChI is InChI=1S/C13H16ClN4O12P3.4H3N/c1-2-13(5-27-32(23,24)30-33(25,26)29-31(20,21)22)8(19)3-9(28-13)18-4-7(14)10-11(15)16-6-17-12(10)18;;;;/h1,4,6,8-9,19H,3,5H2,(H,23,24)(H,25,26)(H2,15,16,17)(H2,20,21,22);4*1H3/t8-,9+,13+;;;;/m0..../s1. The van der Waals surface area contributed by atoms with Gasteiger partial charge in [0.25, 0.3) is 15.6 Å². The Hall–Kier alpha value is -1.56. The van der Waals surface area contributed by atoms with Crippen LogP contribution in [0.25, 0.3) is 11.0 Å². The molecule has 1 fully saturated rings. The molecule has 0 saturated carbocycles. The number of quaternary nitrogens is 4. The Labute approximate surface area is 214 Å². The average molecular weight is 617 g/mol. The first-order valence-electron chi connectivity index (χ1n) is 8.39. The highest BCUT2D eigenvalue weighted by Crippen LogP contribution is 2.60. The van der Waals surface area contributed by atoms with Crippen molar-refractivity contribution in [2.45, 2.75) is 24.4 Å². The number of fused-ring (bicyclic) bond motifs is 1. The third-order valence-electron chi connectivity index (χ3n) is 4.29. The number of nitrogens with zero attached hydrogens (tertiary/aromatic N) is 3. The lowest BCUT2D eigenvalue weighted by Crippen LogP contribution is -2.42. The number of nitrogens with two attached hydrogens (primary N) is 1. The molecule has 19 N–H and O–H groups in total. The van der Waals surface area contributed by atoms with E-state index in [1.54, 1.807) is 0 Å². The van der Waals surface area contributed by atoms with Crippen molar-refractivity contribution in [1.29, 1.82) is 0 Å². The Balaban J connectivity index is 0. The molecule has 0 bridgehead atoms. The Morgan fingerprint density at radius 1 is 1.19 bits per heavy atom. The zero-order valence-corrected chi connectivity index (χ0v) is 23.3. The number of aliphatic hydroxyl groups excluding tert-OH is 1. The average Bonchev–Trinajstić information content (AvgIpc) is 3.15. The van der Waals surface area contributed by atoms with Crippen molar-refractivity contribution in [3.8, 4) is 12.3 Å². The van der Waals surface area contributed by atoms with Gasteiger partial charge in [0.15, 0.2) is 5.60 Å². The molecule has 1 aliphatic rings. The van der Waals surface area contributed by atoms with E-state index in [4.69, 9.17) is 28.5 Å². The van der Waals surface area contributed by atoms with Crippen LogP contribution in [0.1, 0.15) is 12.6 Å². The Kier molecular flexibility index (Phi) is 13.2. The molecule has 0 aromatic carbocycles. The first-order chi connectivity index (χ1) is 15.1. The summed E-state index contributed by atoms with van der Waals surface area (Å²) >= 11 is 6.14. The van der Waals surface area contributed by atoms with Gasteiger partial charge < -0.3 is 73.4 Å². The molecule has 3 heterocycles. The number of halogens is 1. The van der Waals surface area contributed by atoms with Gasteiger partial charge in [-0.3, -0.25) is 13.4 Å². The van der Waals surface area contributed by atoms with Crippen molar-refractivity contribution < 1.29 is 56.3 Å². The topological polar surface area (TPSA) is 403 Å². The molecule has 214 valence electrons. The number of rotatable bonds is 8. The summed E-state index contributed by atoms with van der Waals surface area (Å²) in [6.07, 6.45) is 5.06. The van der Waals surface area contributed by atoms with Crippen LogP contribution < -0.4 is 49.9 Å². The third kappa shape index (κ3) is 8.46. The summed E-state index contributed by atoms with van der Waals surface area (Å²) in [5.74, 6) is 2.09. The Morgan fingerprint density at radius 2 is 1.78 bits per heavy atom. The van der Waals surface area contributed by atoms with Crippen molar-refractivity contribution in [3.05, 3.63) is 17.5 Å². The molecule has 37 heavy (non-hydrogen) atoms. The molecular weight excluding hydrogens is 589 g/mol. The van der Waals surface area contributed by atoms with Gasteiger partial charge in [-0.05, 0) is 0 Å². The van der Waals surface area contributed by atoms with Crippen molar-refractivity contribution in [2.24, 2.45) is 0 Å². The molecular formula is C13H28ClN8O12P3. The van der Waals surface area contributed by atoms with E-state index in [0.717, 1.165) is 6.33 Å². The van der Waals surface area contributed by atoms with E-state index >= 15 is 0 Å². The van der Waals surface area contributed by atoms with Gasteiger partial charge in [0, 0.05) is 12.6 Å². The number of terminal acetylenes is 1. The van der Waals surface area contributed by atoms with Crippen LogP contribution >= 0.6 is 35.1 Å². The second kappa shape index (κ2) is 13.0. The number of aromatic nitrogens is 3. The van der Waals surface area contributed by atoms with Crippen molar-refractivity contribution in [2.75, 3.05) is 12.3 Å². The van der Waals surface area contributed by atoms with Crippen LogP contribution in [0.2, 0.25) is 5.02 Å². The van der Waals surface area contributed by atoms with Crippen molar-refractivity contribution in [1.82, 2.24) is 39.1 Å². The largest absolute Gasteiger partial charge is 0.790 e. The number of ether oxygens (including phenoxy) is 1. The number of anilines is 1. The zero-order chi connectivity index (χ0) is 24.8. The molecule has 2 aromatic heterocycles. The van der Waals surface area contributed by atoms with Gasteiger partial charge in [-0.15, -0.1) is 6.42 Å².